The van der Waals surface area contributed by atoms with Gasteiger partial charge in [0, 0.05) is 0 Å². The number of carbonyl (C=O) groups excluding carboxylic acids is 2. The minimum atomic E-state index is -1.04. The topological polar surface area (TPSA) is 113 Å². The van der Waals surface area contributed by atoms with Gasteiger partial charge in [-0.2, -0.15) is 0 Å². The lowest BCUT2D eigenvalue weighted by atomic mass is 9.99. The molecule has 86 valence electrons. The number of esters is 1. The first-order valence-electron chi connectivity index (χ1n) is 4.38. The van der Waals surface area contributed by atoms with Crippen LogP contribution in [0.25, 0.3) is 0 Å². The molecular weight excluding hydrogens is 218 g/mol. The summed E-state index contributed by atoms with van der Waals surface area (Å²) in [5, 5.41) is 20.0. The van der Waals surface area contributed by atoms with E-state index in [4.69, 9.17) is 10.2 Å². The van der Waals surface area contributed by atoms with Gasteiger partial charge in [-0.3, -0.25) is 9.59 Å². The zero-order valence-corrected chi connectivity index (χ0v) is 8.12. The Hall–Kier alpha value is -2.02. The fraction of sp³-hybridized carbons (Fsp3) is 0.333. The highest BCUT2D eigenvalue weighted by Gasteiger charge is 2.28. The van der Waals surface area contributed by atoms with Crippen molar-refractivity contribution in [3.63, 3.8) is 0 Å². The second-order valence-electron chi connectivity index (χ2n) is 2.94. The molecule has 1 aliphatic carbocycles. The van der Waals surface area contributed by atoms with Crippen LogP contribution in [0.15, 0.2) is 28.8 Å². The largest absolute Gasteiger partial charge is 0.504 e. The van der Waals surface area contributed by atoms with Gasteiger partial charge in [0.05, 0.1) is 12.5 Å². The number of ketones is 1. The third-order valence-electron chi connectivity index (χ3n) is 1.85. The van der Waals surface area contributed by atoms with Crippen LogP contribution < -0.4 is 0 Å². The summed E-state index contributed by atoms with van der Waals surface area (Å²) in [6.07, 6.45) is 1.95. The van der Waals surface area contributed by atoms with E-state index in [0.717, 1.165) is 12.2 Å². The summed E-state index contributed by atoms with van der Waals surface area (Å²) >= 11 is 0. The van der Waals surface area contributed by atoms with Gasteiger partial charge in [0.1, 0.15) is 6.61 Å². The Balaban J connectivity index is 2.82. The molecule has 1 atom stereocenters. The van der Waals surface area contributed by atoms with E-state index >= 15 is 0 Å². The predicted molar refractivity (Wildman–Crippen MR) is 51.1 cm³/mol. The van der Waals surface area contributed by atoms with Gasteiger partial charge in [0.25, 0.3) is 0 Å². The lowest BCUT2D eigenvalue weighted by Gasteiger charge is -2.12. The molecule has 0 aromatic heterocycles. The lowest BCUT2D eigenvalue weighted by molar-refractivity contribution is -0.146. The van der Waals surface area contributed by atoms with E-state index in [-0.39, 0.29) is 13.2 Å². The molecule has 7 heteroatoms. The zero-order valence-electron chi connectivity index (χ0n) is 8.12. The maximum atomic E-state index is 11.3. The van der Waals surface area contributed by atoms with Gasteiger partial charge in [0.15, 0.2) is 11.5 Å². The van der Waals surface area contributed by atoms with Gasteiger partial charge in [-0.1, -0.05) is 0 Å². The molecule has 1 aliphatic rings. The van der Waals surface area contributed by atoms with Crippen LogP contribution >= 0.6 is 0 Å². The fourth-order valence-corrected chi connectivity index (χ4v) is 1.12. The summed E-state index contributed by atoms with van der Waals surface area (Å²) < 4.78 is 4.56. The van der Waals surface area contributed by atoms with Crippen molar-refractivity contribution in [3.8, 4) is 0 Å². The Bertz CT molecular complexity index is 383. The Morgan fingerprint density at radius 1 is 1.50 bits per heavy atom. The molecule has 0 fully saturated rings. The average Bonchev–Trinajstić information content (AvgIpc) is 2.29. The van der Waals surface area contributed by atoms with Crippen LogP contribution in [0.3, 0.4) is 0 Å². The number of nitroso groups, excluding NO2 is 1. The molecule has 0 aromatic carbocycles. The normalized spacial score (nSPS) is 19.8. The van der Waals surface area contributed by atoms with Gasteiger partial charge < -0.3 is 14.9 Å². The second-order valence-corrected chi connectivity index (χ2v) is 2.94. The number of nitrogens with zero attached hydrogens (tertiary/aromatic N) is 1. The lowest BCUT2D eigenvalue weighted by Crippen LogP contribution is -2.22. The van der Waals surface area contributed by atoms with Crippen LogP contribution in [0, 0.1) is 10.8 Å². The van der Waals surface area contributed by atoms with Crippen LogP contribution in [0.5, 0.6) is 0 Å². The van der Waals surface area contributed by atoms with E-state index in [2.05, 4.69) is 9.91 Å². The molecule has 1 unspecified atom stereocenters. The third kappa shape index (κ3) is 2.51. The van der Waals surface area contributed by atoms with E-state index in [1.165, 1.54) is 0 Å². The number of carbonyl (C=O) groups is 2. The number of hydrogen-bond donors (Lipinski definition) is 2. The van der Waals surface area contributed by atoms with Crippen molar-refractivity contribution in [1.82, 2.24) is 0 Å². The molecule has 0 aromatic rings. The zero-order chi connectivity index (χ0) is 12.1. The van der Waals surface area contributed by atoms with Crippen molar-refractivity contribution in [1.29, 1.82) is 0 Å². The van der Waals surface area contributed by atoms with Gasteiger partial charge in [-0.05, 0) is 17.3 Å². The van der Waals surface area contributed by atoms with E-state index < -0.39 is 29.1 Å². The van der Waals surface area contributed by atoms with Gasteiger partial charge in [-0.25, -0.2) is 0 Å². The van der Waals surface area contributed by atoms with Crippen LogP contribution in [-0.2, 0) is 14.3 Å². The van der Waals surface area contributed by atoms with Crippen molar-refractivity contribution < 1.29 is 24.5 Å². The first kappa shape index (κ1) is 12.1. The summed E-state index contributed by atoms with van der Waals surface area (Å²) in [5.74, 6) is -3.48. The minimum Gasteiger partial charge on any atom is -0.504 e. The highest BCUT2D eigenvalue weighted by molar-refractivity contribution is 6.08. The molecule has 0 aliphatic heterocycles. The molecule has 1 rings (SSSR count). The molecule has 7 nitrogen and oxygen atoms in total. The second kappa shape index (κ2) is 5.17. The first-order chi connectivity index (χ1) is 7.60. The SMILES string of the molecule is O=NC1=CC(C(=O)OCCO)C=C(O)C1=O. The van der Waals surface area contributed by atoms with Crippen molar-refractivity contribution in [2.24, 2.45) is 11.1 Å². The predicted octanol–water partition coefficient (Wildman–Crippen LogP) is -0.187. The molecule has 0 bridgehead atoms. The summed E-state index contributed by atoms with van der Waals surface area (Å²) in [6, 6.07) is 0. The molecule has 0 saturated carbocycles. The maximum absolute atomic E-state index is 11.3. The molecule has 2 N–H and O–H groups in total. The number of Topliss-reactive ketones (excluding diaryl/α,β-unsaturated/α-hetero) is 1. The fourth-order valence-electron chi connectivity index (χ4n) is 1.12. The standard InChI is InChI=1S/C9H9NO6/c11-1-2-16-9(14)5-3-6(10-15)8(13)7(12)4-5/h3-5,11-12H,1-2H2. The first-order valence-corrected chi connectivity index (χ1v) is 4.38. The van der Waals surface area contributed by atoms with Crippen molar-refractivity contribution in [2.75, 3.05) is 13.2 Å². The number of aliphatic hydroxyl groups excluding tert-OH is 2. The van der Waals surface area contributed by atoms with Crippen molar-refractivity contribution in [3.05, 3.63) is 28.5 Å². The highest BCUT2D eigenvalue weighted by atomic mass is 16.5. The minimum absolute atomic E-state index is 0.199. The van der Waals surface area contributed by atoms with Gasteiger partial charge >= 0.3 is 5.97 Å². The highest BCUT2D eigenvalue weighted by Crippen LogP contribution is 2.19. The van der Waals surface area contributed by atoms with Crippen LogP contribution in [0.4, 0.5) is 0 Å². The number of rotatable bonds is 4. The van der Waals surface area contributed by atoms with Crippen LogP contribution in [0.2, 0.25) is 0 Å². The smallest absolute Gasteiger partial charge is 0.317 e. The molecule has 0 spiro atoms. The van der Waals surface area contributed by atoms with E-state index in [9.17, 15) is 14.5 Å². The monoisotopic (exact) mass is 227 g/mol. The van der Waals surface area contributed by atoms with Gasteiger partial charge in [0.2, 0.25) is 5.78 Å². The maximum Gasteiger partial charge on any atom is 0.317 e. The van der Waals surface area contributed by atoms with Crippen LogP contribution in [0.1, 0.15) is 0 Å². The molecule has 0 saturated heterocycles. The van der Waals surface area contributed by atoms with Crippen molar-refractivity contribution in [2.45, 2.75) is 0 Å². The molecule has 0 heterocycles. The van der Waals surface area contributed by atoms with E-state index in [1.54, 1.807) is 0 Å². The molecule has 16 heavy (non-hydrogen) atoms. The van der Waals surface area contributed by atoms with Crippen LogP contribution in [-0.4, -0.2) is 35.2 Å². The Morgan fingerprint density at radius 3 is 2.75 bits per heavy atom. The molecular formula is C9H9NO6. The molecule has 0 radical (unpaired) electrons. The number of ether oxygens (including phenoxy) is 1. The Kier molecular flexibility index (Phi) is 3.90. The number of hydrogen-bond acceptors (Lipinski definition) is 7. The third-order valence-corrected chi connectivity index (χ3v) is 1.85. The Morgan fingerprint density at radius 2 is 2.19 bits per heavy atom. The van der Waals surface area contributed by atoms with E-state index in [0.29, 0.717) is 0 Å². The van der Waals surface area contributed by atoms with E-state index in [1.807, 2.05) is 0 Å². The molecule has 0 amide bonds. The summed E-state index contributed by atoms with van der Waals surface area (Å²) in [4.78, 5) is 32.6. The summed E-state index contributed by atoms with van der Waals surface area (Å²) in [7, 11) is 0. The Labute approximate surface area is 90.0 Å². The average molecular weight is 227 g/mol. The quantitative estimate of drug-likeness (QED) is 0.508. The summed E-state index contributed by atoms with van der Waals surface area (Å²) in [6.45, 7) is -0.537. The van der Waals surface area contributed by atoms with Gasteiger partial charge in [-0.15, -0.1) is 4.91 Å². The number of aliphatic hydroxyl groups is 2. The summed E-state index contributed by atoms with van der Waals surface area (Å²) in [5.41, 5.74) is -0.536. The van der Waals surface area contributed by atoms with Crippen molar-refractivity contribution >= 4 is 11.8 Å².